The van der Waals surface area contributed by atoms with Crippen molar-refractivity contribution in [1.29, 1.82) is 0 Å². The fourth-order valence-electron chi connectivity index (χ4n) is 2.09. The SMILES string of the molecule is Cc1ncsc1CNc1ccc(-c2ccccc2)cc1. The average molecular weight is 280 g/mol. The zero-order chi connectivity index (χ0) is 13.8. The molecule has 3 rings (SSSR count). The molecule has 0 bridgehead atoms. The zero-order valence-corrected chi connectivity index (χ0v) is 12.2. The van der Waals surface area contributed by atoms with Gasteiger partial charge < -0.3 is 5.32 Å². The van der Waals surface area contributed by atoms with Crippen LogP contribution in [0.2, 0.25) is 0 Å². The van der Waals surface area contributed by atoms with E-state index in [1.165, 1.54) is 16.0 Å². The molecule has 0 aliphatic heterocycles. The number of anilines is 1. The first-order chi connectivity index (χ1) is 9.83. The first kappa shape index (κ1) is 12.9. The van der Waals surface area contributed by atoms with Crippen LogP contribution in [0.25, 0.3) is 11.1 Å². The Kier molecular flexibility index (Phi) is 3.79. The fourth-order valence-corrected chi connectivity index (χ4v) is 2.81. The summed E-state index contributed by atoms with van der Waals surface area (Å²) in [5, 5.41) is 3.44. The summed E-state index contributed by atoms with van der Waals surface area (Å²) in [6.45, 7) is 2.88. The molecule has 2 aromatic carbocycles. The number of nitrogens with zero attached hydrogens (tertiary/aromatic N) is 1. The largest absolute Gasteiger partial charge is 0.380 e. The van der Waals surface area contributed by atoms with Crippen molar-refractivity contribution < 1.29 is 0 Å². The monoisotopic (exact) mass is 280 g/mol. The Balaban J connectivity index is 1.69. The first-order valence-electron chi connectivity index (χ1n) is 6.61. The summed E-state index contributed by atoms with van der Waals surface area (Å²) in [7, 11) is 0. The van der Waals surface area contributed by atoms with E-state index in [9.17, 15) is 0 Å². The Morgan fingerprint density at radius 2 is 1.65 bits per heavy atom. The Bertz CT molecular complexity index is 672. The molecular weight excluding hydrogens is 264 g/mol. The van der Waals surface area contributed by atoms with Crippen molar-refractivity contribution in [3.05, 3.63) is 70.7 Å². The Morgan fingerprint density at radius 3 is 2.30 bits per heavy atom. The molecule has 0 radical (unpaired) electrons. The summed E-state index contributed by atoms with van der Waals surface area (Å²) in [6.07, 6.45) is 0. The number of aryl methyl sites for hydroxylation is 1. The molecular formula is C17H16N2S. The number of nitrogens with one attached hydrogen (secondary N) is 1. The third kappa shape index (κ3) is 2.89. The van der Waals surface area contributed by atoms with Crippen LogP contribution in [-0.4, -0.2) is 4.98 Å². The van der Waals surface area contributed by atoms with E-state index >= 15 is 0 Å². The van der Waals surface area contributed by atoms with Crippen LogP contribution in [0.5, 0.6) is 0 Å². The minimum Gasteiger partial charge on any atom is -0.380 e. The molecule has 3 aromatic rings. The quantitative estimate of drug-likeness (QED) is 0.747. The third-order valence-corrected chi connectivity index (χ3v) is 4.23. The Labute approximate surface area is 123 Å². The van der Waals surface area contributed by atoms with Gasteiger partial charge in [-0.3, -0.25) is 0 Å². The Morgan fingerprint density at radius 1 is 0.950 bits per heavy atom. The maximum Gasteiger partial charge on any atom is 0.0798 e. The molecule has 0 saturated carbocycles. The van der Waals surface area contributed by atoms with Gasteiger partial charge >= 0.3 is 0 Å². The molecule has 3 heteroatoms. The molecule has 2 nitrogen and oxygen atoms in total. The lowest BCUT2D eigenvalue weighted by atomic mass is 10.1. The standard InChI is InChI=1S/C17H16N2S/c1-13-17(20-12-19-13)11-18-16-9-7-15(8-10-16)14-5-3-2-4-6-14/h2-10,12,18H,11H2,1H3. The Hall–Kier alpha value is -2.13. The smallest absolute Gasteiger partial charge is 0.0798 e. The molecule has 100 valence electrons. The van der Waals surface area contributed by atoms with Crippen LogP contribution in [0.15, 0.2) is 60.1 Å². The van der Waals surface area contributed by atoms with Gasteiger partial charge in [0, 0.05) is 10.6 Å². The van der Waals surface area contributed by atoms with Gasteiger partial charge in [-0.2, -0.15) is 0 Å². The van der Waals surface area contributed by atoms with Crippen LogP contribution in [0.3, 0.4) is 0 Å². The van der Waals surface area contributed by atoms with Crippen molar-refractivity contribution in [2.75, 3.05) is 5.32 Å². The predicted molar refractivity (Wildman–Crippen MR) is 86.1 cm³/mol. The molecule has 0 aliphatic carbocycles. The van der Waals surface area contributed by atoms with Gasteiger partial charge in [0.2, 0.25) is 0 Å². The third-order valence-electron chi connectivity index (χ3n) is 3.29. The van der Waals surface area contributed by atoms with Crippen molar-refractivity contribution in [2.24, 2.45) is 0 Å². The minimum atomic E-state index is 0.835. The number of thiazole rings is 1. The summed E-state index contributed by atoms with van der Waals surface area (Å²) >= 11 is 1.70. The highest BCUT2D eigenvalue weighted by atomic mass is 32.1. The van der Waals surface area contributed by atoms with E-state index in [1.807, 2.05) is 18.5 Å². The molecule has 0 saturated heterocycles. The van der Waals surface area contributed by atoms with E-state index in [4.69, 9.17) is 0 Å². The number of rotatable bonds is 4. The number of aromatic nitrogens is 1. The summed E-state index contributed by atoms with van der Waals surface area (Å²) in [5.74, 6) is 0. The second-order valence-corrected chi connectivity index (χ2v) is 5.60. The van der Waals surface area contributed by atoms with Gasteiger partial charge in [-0.15, -0.1) is 11.3 Å². The van der Waals surface area contributed by atoms with Gasteiger partial charge in [-0.25, -0.2) is 4.98 Å². The van der Waals surface area contributed by atoms with Crippen LogP contribution in [0.4, 0.5) is 5.69 Å². The number of benzene rings is 2. The van der Waals surface area contributed by atoms with Gasteiger partial charge in [0.15, 0.2) is 0 Å². The molecule has 1 heterocycles. The molecule has 1 N–H and O–H groups in total. The summed E-state index contributed by atoms with van der Waals surface area (Å²) in [4.78, 5) is 5.55. The van der Waals surface area contributed by atoms with Crippen molar-refractivity contribution >= 4 is 17.0 Å². The lowest BCUT2D eigenvalue weighted by Crippen LogP contribution is -1.98. The molecule has 1 aromatic heterocycles. The summed E-state index contributed by atoms with van der Waals surface area (Å²) in [6, 6.07) is 19.0. The summed E-state index contributed by atoms with van der Waals surface area (Å²) < 4.78 is 0. The van der Waals surface area contributed by atoms with E-state index in [1.54, 1.807) is 11.3 Å². The van der Waals surface area contributed by atoms with Crippen molar-refractivity contribution in [2.45, 2.75) is 13.5 Å². The fraction of sp³-hybridized carbons (Fsp3) is 0.118. The van der Waals surface area contributed by atoms with Gasteiger partial charge in [-0.05, 0) is 30.2 Å². The van der Waals surface area contributed by atoms with Crippen molar-refractivity contribution in [3.8, 4) is 11.1 Å². The molecule has 20 heavy (non-hydrogen) atoms. The highest BCUT2D eigenvalue weighted by Crippen LogP contribution is 2.22. The molecule has 0 atom stereocenters. The lowest BCUT2D eigenvalue weighted by Gasteiger charge is -2.07. The highest BCUT2D eigenvalue weighted by Gasteiger charge is 2.01. The van der Waals surface area contributed by atoms with Gasteiger partial charge in [0.1, 0.15) is 0 Å². The van der Waals surface area contributed by atoms with E-state index in [0.29, 0.717) is 0 Å². The van der Waals surface area contributed by atoms with E-state index in [-0.39, 0.29) is 0 Å². The van der Waals surface area contributed by atoms with Crippen LogP contribution in [0.1, 0.15) is 10.6 Å². The van der Waals surface area contributed by atoms with Crippen LogP contribution in [0, 0.1) is 6.92 Å². The second-order valence-electron chi connectivity index (χ2n) is 4.66. The normalized spacial score (nSPS) is 10.4. The minimum absolute atomic E-state index is 0.835. The van der Waals surface area contributed by atoms with Gasteiger partial charge in [0.25, 0.3) is 0 Å². The van der Waals surface area contributed by atoms with E-state index in [2.05, 4.69) is 58.8 Å². The van der Waals surface area contributed by atoms with Gasteiger partial charge in [-0.1, -0.05) is 42.5 Å². The van der Waals surface area contributed by atoms with Crippen LogP contribution < -0.4 is 5.32 Å². The molecule has 0 aliphatic rings. The first-order valence-corrected chi connectivity index (χ1v) is 7.49. The molecule has 0 unspecified atom stereocenters. The summed E-state index contributed by atoms with van der Waals surface area (Å²) in [5.41, 5.74) is 6.63. The highest BCUT2D eigenvalue weighted by molar-refractivity contribution is 7.09. The lowest BCUT2D eigenvalue weighted by molar-refractivity contribution is 1.12. The van der Waals surface area contributed by atoms with E-state index < -0.39 is 0 Å². The molecule has 0 fully saturated rings. The second kappa shape index (κ2) is 5.88. The van der Waals surface area contributed by atoms with Gasteiger partial charge in [0.05, 0.1) is 17.7 Å². The molecule has 0 spiro atoms. The predicted octanol–water partition coefficient (Wildman–Crippen LogP) is 4.73. The van der Waals surface area contributed by atoms with Crippen LogP contribution >= 0.6 is 11.3 Å². The molecule has 0 amide bonds. The topological polar surface area (TPSA) is 24.9 Å². The van der Waals surface area contributed by atoms with E-state index in [0.717, 1.165) is 17.9 Å². The number of hydrogen-bond donors (Lipinski definition) is 1. The van der Waals surface area contributed by atoms with Crippen LogP contribution in [-0.2, 0) is 6.54 Å². The maximum atomic E-state index is 4.26. The number of hydrogen-bond acceptors (Lipinski definition) is 3. The maximum absolute atomic E-state index is 4.26. The zero-order valence-electron chi connectivity index (χ0n) is 11.3. The van der Waals surface area contributed by atoms with Crippen molar-refractivity contribution in [1.82, 2.24) is 4.98 Å². The average Bonchev–Trinajstić information content (AvgIpc) is 2.92. The van der Waals surface area contributed by atoms with Crippen molar-refractivity contribution in [3.63, 3.8) is 0 Å².